The van der Waals surface area contributed by atoms with Gasteiger partial charge in [-0.25, -0.2) is 0 Å². The van der Waals surface area contributed by atoms with Crippen molar-refractivity contribution in [2.24, 2.45) is 5.92 Å². The predicted molar refractivity (Wildman–Crippen MR) is 80.1 cm³/mol. The Morgan fingerprint density at radius 1 is 1.39 bits per heavy atom. The van der Waals surface area contributed by atoms with Crippen LogP contribution in [0.25, 0.3) is 0 Å². The number of hydrogen-bond acceptors (Lipinski definition) is 3. The molecule has 0 bridgehead atoms. The SMILES string of the molecule is Cc1cc(N(C)CC2CCOCC2)c(Br)cc1N. The van der Waals surface area contributed by atoms with E-state index in [0.29, 0.717) is 0 Å². The molecule has 1 heterocycles. The molecule has 0 unspecified atom stereocenters. The molecule has 0 saturated carbocycles. The quantitative estimate of drug-likeness (QED) is 0.871. The summed E-state index contributed by atoms with van der Waals surface area (Å²) in [6.07, 6.45) is 2.33. The van der Waals surface area contributed by atoms with Crippen molar-refractivity contribution in [3.8, 4) is 0 Å². The van der Waals surface area contributed by atoms with Gasteiger partial charge in [-0.05, 0) is 59.3 Å². The molecule has 1 aliphatic heterocycles. The number of ether oxygens (including phenoxy) is 1. The Morgan fingerprint density at radius 3 is 2.72 bits per heavy atom. The average Bonchev–Trinajstić information content (AvgIpc) is 2.35. The van der Waals surface area contributed by atoms with Crippen LogP contribution in [0, 0.1) is 12.8 Å². The summed E-state index contributed by atoms with van der Waals surface area (Å²) in [6.45, 7) is 4.93. The zero-order chi connectivity index (χ0) is 13.1. The van der Waals surface area contributed by atoms with E-state index in [1.165, 1.54) is 5.69 Å². The maximum Gasteiger partial charge on any atom is 0.0512 e. The van der Waals surface area contributed by atoms with E-state index in [2.05, 4.69) is 33.9 Å². The smallest absolute Gasteiger partial charge is 0.0512 e. The highest BCUT2D eigenvalue weighted by Crippen LogP contribution is 2.31. The number of hydrogen-bond donors (Lipinski definition) is 1. The molecule has 18 heavy (non-hydrogen) atoms. The monoisotopic (exact) mass is 312 g/mol. The van der Waals surface area contributed by atoms with Gasteiger partial charge in [0.15, 0.2) is 0 Å². The highest BCUT2D eigenvalue weighted by Gasteiger charge is 2.17. The van der Waals surface area contributed by atoms with Crippen LogP contribution in [0.4, 0.5) is 11.4 Å². The van der Waals surface area contributed by atoms with E-state index < -0.39 is 0 Å². The minimum atomic E-state index is 0.730. The molecular formula is C14H21BrN2O. The van der Waals surface area contributed by atoms with Crippen LogP contribution in [0.2, 0.25) is 0 Å². The van der Waals surface area contributed by atoms with Gasteiger partial charge in [0.25, 0.3) is 0 Å². The van der Waals surface area contributed by atoms with Crippen molar-refractivity contribution in [1.82, 2.24) is 0 Å². The van der Waals surface area contributed by atoms with Crippen LogP contribution in [0.5, 0.6) is 0 Å². The number of nitrogens with two attached hydrogens (primary N) is 1. The molecule has 2 N–H and O–H groups in total. The molecule has 0 radical (unpaired) electrons. The third-order valence-corrected chi connectivity index (χ3v) is 4.25. The summed E-state index contributed by atoms with van der Waals surface area (Å²) in [5.41, 5.74) is 9.09. The van der Waals surface area contributed by atoms with Crippen molar-refractivity contribution in [1.29, 1.82) is 0 Å². The topological polar surface area (TPSA) is 38.5 Å². The van der Waals surface area contributed by atoms with E-state index >= 15 is 0 Å². The predicted octanol–water partition coefficient (Wildman–Crippen LogP) is 3.20. The largest absolute Gasteiger partial charge is 0.398 e. The van der Waals surface area contributed by atoms with Gasteiger partial charge in [-0.15, -0.1) is 0 Å². The van der Waals surface area contributed by atoms with Crippen molar-refractivity contribution in [2.45, 2.75) is 19.8 Å². The second-order valence-corrected chi connectivity index (χ2v) is 5.95. The van der Waals surface area contributed by atoms with Crippen LogP contribution >= 0.6 is 15.9 Å². The number of aryl methyl sites for hydroxylation is 1. The van der Waals surface area contributed by atoms with E-state index in [0.717, 1.165) is 54.2 Å². The highest BCUT2D eigenvalue weighted by atomic mass is 79.9. The number of halogens is 1. The maximum absolute atomic E-state index is 5.91. The molecule has 100 valence electrons. The Labute approximate surface area is 117 Å². The Kier molecular flexibility index (Phi) is 4.51. The zero-order valence-corrected chi connectivity index (χ0v) is 12.7. The lowest BCUT2D eigenvalue weighted by Crippen LogP contribution is -2.29. The van der Waals surface area contributed by atoms with Crippen LogP contribution in [0.3, 0.4) is 0 Å². The van der Waals surface area contributed by atoms with Gasteiger partial charge in [0.2, 0.25) is 0 Å². The van der Waals surface area contributed by atoms with Crippen molar-refractivity contribution < 1.29 is 4.74 Å². The first-order valence-electron chi connectivity index (χ1n) is 6.42. The Balaban J connectivity index is 2.08. The molecule has 0 aliphatic carbocycles. The number of benzene rings is 1. The van der Waals surface area contributed by atoms with Gasteiger partial charge >= 0.3 is 0 Å². The fourth-order valence-electron chi connectivity index (χ4n) is 2.39. The minimum absolute atomic E-state index is 0.730. The van der Waals surface area contributed by atoms with Crippen molar-refractivity contribution >= 4 is 27.3 Å². The zero-order valence-electron chi connectivity index (χ0n) is 11.1. The normalized spacial score (nSPS) is 16.8. The molecule has 1 saturated heterocycles. The molecule has 1 aromatic carbocycles. The average molecular weight is 313 g/mol. The molecule has 1 aliphatic rings. The van der Waals surface area contributed by atoms with Gasteiger partial charge in [-0.3, -0.25) is 0 Å². The Bertz CT molecular complexity index is 417. The van der Waals surface area contributed by atoms with E-state index in [1.54, 1.807) is 0 Å². The first-order valence-corrected chi connectivity index (χ1v) is 7.21. The summed E-state index contributed by atoms with van der Waals surface area (Å²) in [5, 5.41) is 0. The first kappa shape index (κ1) is 13.7. The van der Waals surface area contributed by atoms with Gasteiger partial charge in [-0.2, -0.15) is 0 Å². The van der Waals surface area contributed by atoms with E-state index in [9.17, 15) is 0 Å². The Hall–Kier alpha value is -0.740. The van der Waals surface area contributed by atoms with E-state index in [-0.39, 0.29) is 0 Å². The lowest BCUT2D eigenvalue weighted by Gasteiger charge is -2.29. The first-order chi connectivity index (χ1) is 8.58. The number of nitrogen functional groups attached to an aromatic ring is 1. The molecule has 3 nitrogen and oxygen atoms in total. The molecule has 1 aromatic rings. The van der Waals surface area contributed by atoms with Gasteiger partial charge in [0, 0.05) is 37.0 Å². The molecule has 2 rings (SSSR count). The van der Waals surface area contributed by atoms with Gasteiger partial charge in [-0.1, -0.05) is 0 Å². The van der Waals surface area contributed by atoms with Gasteiger partial charge in [0.05, 0.1) is 5.69 Å². The third kappa shape index (κ3) is 3.18. The van der Waals surface area contributed by atoms with Crippen molar-refractivity contribution in [2.75, 3.05) is 37.4 Å². The second kappa shape index (κ2) is 5.93. The summed E-state index contributed by atoms with van der Waals surface area (Å²) >= 11 is 3.60. The van der Waals surface area contributed by atoms with Crippen LogP contribution in [0.15, 0.2) is 16.6 Å². The second-order valence-electron chi connectivity index (χ2n) is 5.10. The maximum atomic E-state index is 5.91. The molecule has 0 spiro atoms. The van der Waals surface area contributed by atoms with Crippen LogP contribution in [0.1, 0.15) is 18.4 Å². The molecule has 0 amide bonds. The lowest BCUT2D eigenvalue weighted by molar-refractivity contribution is 0.0685. The van der Waals surface area contributed by atoms with Crippen molar-refractivity contribution in [3.63, 3.8) is 0 Å². The fraction of sp³-hybridized carbons (Fsp3) is 0.571. The molecule has 4 heteroatoms. The highest BCUT2D eigenvalue weighted by molar-refractivity contribution is 9.10. The van der Waals surface area contributed by atoms with Gasteiger partial charge in [0.1, 0.15) is 0 Å². The van der Waals surface area contributed by atoms with Crippen molar-refractivity contribution in [3.05, 3.63) is 22.2 Å². The number of nitrogens with zero attached hydrogens (tertiary/aromatic N) is 1. The third-order valence-electron chi connectivity index (χ3n) is 3.62. The summed E-state index contributed by atoms with van der Waals surface area (Å²) < 4.78 is 6.47. The number of rotatable bonds is 3. The summed E-state index contributed by atoms with van der Waals surface area (Å²) in [6, 6.07) is 4.14. The standard InChI is InChI=1S/C14H21BrN2O/c1-10-7-14(12(15)8-13(10)16)17(2)9-11-3-5-18-6-4-11/h7-8,11H,3-6,9,16H2,1-2H3. The lowest BCUT2D eigenvalue weighted by atomic mass is 9.99. The van der Waals surface area contributed by atoms with Crippen LogP contribution in [-0.4, -0.2) is 26.8 Å². The molecule has 0 atom stereocenters. The van der Waals surface area contributed by atoms with Crippen LogP contribution in [-0.2, 0) is 4.74 Å². The summed E-state index contributed by atoms with van der Waals surface area (Å²) in [5.74, 6) is 0.730. The molecule has 0 aromatic heterocycles. The van der Waals surface area contributed by atoms with E-state index in [1.807, 2.05) is 13.0 Å². The molecular weight excluding hydrogens is 292 g/mol. The summed E-state index contributed by atoms with van der Waals surface area (Å²) in [7, 11) is 2.14. The van der Waals surface area contributed by atoms with Gasteiger partial charge < -0.3 is 15.4 Å². The van der Waals surface area contributed by atoms with Crippen LogP contribution < -0.4 is 10.6 Å². The van der Waals surface area contributed by atoms with E-state index in [4.69, 9.17) is 10.5 Å². The number of anilines is 2. The Morgan fingerprint density at radius 2 is 2.06 bits per heavy atom. The fourth-order valence-corrected chi connectivity index (χ4v) is 3.05. The molecule has 1 fully saturated rings. The summed E-state index contributed by atoms with van der Waals surface area (Å²) in [4.78, 5) is 2.31. The minimum Gasteiger partial charge on any atom is -0.398 e.